The fourth-order valence-corrected chi connectivity index (χ4v) is 1.06. The average Bonchev–Trinajstić information content (AvgIpc) is 2.30. The van der Waals surface area contributed by atoms with E-state index in [0.717, 1.165) is 0 Å². The van der Waals surface area contributed by atoms with E-state index in [1.165, 1.54) is 12.3 Å². The number of nitrogens with zero attached hydrogens (tertiary/aromatic N) is 1. The van der Waals surface area contributed by atoms with Gasteiger partial charge in [-0.15, -0.1) is 0 Å². The Balaban J connectivity index is 2.72. The molecule has 1 aromatic carbocycles. The van der Waals surface area contributed by atoms with Gasteiger partial charge in [-0.25, -0.2) is 0 Å². The first kappa shape index (κ1) is 13.3. The highest BCUT2D eigenvalue weighted by atomic mass is 32.1. The van der Waals surface area contributed by atoms with Crippen molar-refractivity contribution in [2.75, 3.05) is 7.05 Å². The van der Waals surface area contributed by atoms with Gasteiger partial charge in [0.25, 0.3) is 0 Å². The highest BCUT2D eigenvalue weighted by Gasteiger charge is 2.07. The number of hydrogen-bond donors (Lipinski definition) is 2. The molecule has 0 aromatic heterocycles. The monoisotopic (exact) mass is 259 g/mol. The number of para-hydroxylation sites is 1. The van der Waals surface area contributed by atoms with Gasteiger partial charge in [-0.1, -0.05) is 12.1 Å². The van der Waals surface area contributed by atoms with Crippen LogP contribution in [0.5, 0.6) is 5.75 Å². The molecule has 0 bridgehead atoms. The molecule has 0 radical (unpaired) electrons. The highest BCUT2D eigenvalue weighted by Crippen LogP contribution is 2.18. The molecule has 0 amide bonds. The molecule has 0 aliphatic carbocycles. The van der Waals surface area contributed by atoms with Crippen LogP contribution >= 0.6 is 12.2 Å². The number of ether oxygens (including phenoxy) is 1. The number of alkyl halides is 2. The first-order chi connectivity index (χ1) is 8.13. The Kier molecular flexibility index (Phi) is 5.28. The van der Waals surface area contributed by atoms with Gasteiger partial charge in [0.2, 0.25) is 0 Å². The van der Waals surface area contributed by atoms with E-state index in [-0.39, 0.29) is 5.75 Å². The molecule has 17 heavy (non-hydrogen) atoms. The second kappa shape index (κ2) is 6.74. The van der Waals surface area contributed by atoms with Crippen molar-refractivity contribution < 1.29 is 13.5 Å². The van der Waals surface area contributed by atoms with Crippen molar-refractivity contribution in [2.45, 2.75) is 6.61 Å². The molecule has 0 spiro atoms. The Morgan fingerprint density at radius 3 is 2.82 bits per heavy atom. The van der Waals surface area contributed by atoms with E-state index in [1.54, 1.807) is 25.2 Å². The van der Waals surface area contributed by atoms with Crippen LogP contribution in [0.3, 0.4) is 0 Å². The van der Waals surface area contributed by atoms with Gasteiger partial charge in [-0.05, 0) is 24.4 Å². The van der Waals surface area contributed by atoms with E-state index in [2.05, 4.69) is 20.6 Å². The summed E-state index contributed by atoms with van der Waals surface area (Å²) >= 11 is 4.79. The lowest BCUT2D eigenvalue weighted by molar-refractivity contribution is -0.0499. The van der Waals surface area contributed by atoms with Gasteiger partial charge >= 0.3 is 6.61 Å². The molecule has 0 aliphatic rings. The Morgan fingerprint density at radius 1 is 1.47 bits per heavy atom. The number of thiocarbonyl (C=S) groups is 1. The summed E-state index contributed by atoms with van der Waals surface area (Å²) in [5, 5.41) is 6.76. The second-order valence-electron chi connectivity index (χ2n) is 2.87. The maximum absolute atomic E-state index is 12.1. The number of nitrogens with one attached hydrogen (secondary N) is 2. The minimum absolute atomic E-state index is 0.0587. The van der Waals surface area contributed by atoms with Crippen molar-refractivity contribution in [3.05, 3.63) is 29.8 Å². The third-order valence-electron chi connectivity index (χ3n) is 1.73. The van der Waals surface area contributed by atoms with Gasteiger partial charge in [0.15, 0.2) is 5.11 Å². The normalized spacial score (nSPS) is 10.6. The topological polar surface area (TPSA) is 45.7 Å². The van der Waals surface area contributed by atoms with Crippen molar-refractivity contribution in [2.24, 2.45) is 5.10 Å². The molecule has 1 aromatic rings. The van der Waals surface area contributed by atoms with E-state index >= 15 is 0 Å². The maximum atomic E-state index is 12.1. The zero-order chi connectivity index (χ0) is 12.7. The van der Waals surface area contributed by atoms with Gasteiger partial charge in [0, 0.05) is 12.6 Å². The number of halogens is 2. The van der Waals surface area contributed by atoms with Gasteiger partial charge < -0.3 is 10.1 Å². The summed E-state index contributed by atoms with van der Waals surface area (Å²) in [6.07, 6.45) is 1.35. The molecule has 4 nitrogen and oxygen atoms in total. The van der Waals surface area contributed by atoms with E-state index in [1.807, 2.05) is 0 Å². The summed E-state index contributed by atoms with van der Waals surface area (Å²) in [7, 11) is 1.64. The van der Waals surface area contributed by atoms with Crippen LogP contribution < -0.4 is 15.5 Å². The molecular weight excluding hydrogens is 248 g/mol. The summed E-state index contributed by atoms with van der Waals surface area (Å²) in [6.45, 7) is -2.86. The zero-order valence-corrected chi connectivity index (χ0v) is 9.80. The summed E-state index contributed by atoms with van der Waals surface area (Å²) in [6, 6.07) is 6.33. The summed E-state index contributed by atoms with van der Waals surface area (Å²) in [5.74, 6) is 0.0587. The Morgan fingerprint density at radius 2 is 2.18 bits per heavy atom. The summed E-state index contributed by atoms with van der Waals surface area (Å²) < 4.78 is 28.5. The smallest absolute Gasteiger partial charge is 0.387 e. The van der Waals surface area contributed by atoms with Crippen LogP contribution in [-0.4, -0.2) is 25.0 Å². The van der Waals surface area contributed by atoms with E-state index in [4.69, 9.17) is 12.2 Å². The second-order valence-corrected chi connectivity index (χ2v) is 3.27. The van der Waals surface area contributed by atoms with Gasteiger partial charge in [0.1, 0.15) is 5.75 Å². The Hall–Kier alpha value is -1.76. The molecule has 92 valence electrons. The lowest BCUT2D eigenvalue weighted by Gasteiger charge is -2.07. The van der Waals surface area contributed by atoms with Crippen molar-refractivity contribution >= 4 is 23.5 Å². The van der Waals surface area contributed by atoms with E-state index < -0.39 is 6.61 Å². The Labute approximate surface area is 103 Å². The Bertz CT molecular complexity index is 412. The molecule has 2 N–H and O–H groups in total. The van der Waals surface area contributed by atoms with Crippen LogP contribution in [0.2, 0.25) is 0 Å². The first-order valence-electron chi connectivity index (χ1n) is 4.68. The maximum Gasteiger partial charge on any atom is 0.387 e. The van der Waals surface area contributed by atoms with Crippen LogP contribution in [0.1, 0.15) is 5.56 Å². The third kappa shape index (κ3) is 4.73. The predicted octanol–water partition coefficient (Wildman–Crippen LogP) is 1.72. The molecule has 0 saturated carbocycles. The fourth-order valence-electron chi connectivity index (χ4n) is 1.01. The highest BCUT2D eigenvalue weighted by molar-refractivity contribution is 7.80. The predicted molar refractivity (Wildman–Crippen MR) is 65.5 cm³/mol. The summed E-state index contributed by atoms with van der Waals surface area (Å²) in [4.78, 5) is 0. The number of benzene rings is 1. The van der Waals surface area contributed by atoms with Crippen LogP contribution in [0.15, 0.2) is 29.4 Å². The van der Waals surface area contributed by atoms with E-state index in [9.17, 15) is 8.78 Å². The van der Waals surface area contributed by atoms with Gasteiger partial charge in [0.05, 0.1) is 6.21 Å². The summed E-state index contributed by atoms with van der Waals surface area (Å²) in [5.41, 5.74) is 2.94. The standard InChI is InChI=1S/C10H11F2N3OS/c1-13-10(17)15-14-6-7-4-2-3-5-8(7)16-9(11)12/h2-6,9H,1H3,(H2,13,15,17)/b14-6+. The average molecular weight is 259 g/mol. The molecule has 0 fully saturated rings. The molecule has 0 heterocycles. The zero-order valence-electron chi connectivity index (χ0n) is 8.98. The molecular formula is C10H11F2N3OS. The molecule has 0 atom stereocenters. The third-order valence-corrected chi connectivity index (χ3v) is 2.03. The van der Waals surface area contributed by atoms with E-state index in [0.29, 0.717) is 10.7 Å². The molecule has 0 unspecified atom stereocenters. The lowest BCUT2D eigenvalue weighted by Crippen LogP contribution is -2.28. The van der Waals surface area contributed by atoms with Crippen molar-refractivity contribution in [3.8, 4) is 5.75 Å². The number of hydrazone groups is 1. The van der Waals surface area contributed by atoms with Gasteiger partial charge in [-0.3, -0.25) is 5.43 Å². The quantitative estimate of drug-likeness (QED) is 0.491. The van der Waals surface area contributed by atoms with Gasteiger partial charge in [-0.2, -0.15) is 13.9 Å². The number of rotatable bonds is 4. The van der Waals surface area contributed by atoms with Crippen molar-refractivity contribution in [1.82, 2.24) is 10.7 Å². The largest absolute Gasteiger partial charge is 0.434 e. The minimum Gasteiger partial charge on any atom is -0.434 e. The molecule has 1 rings (SSSR count). The van der Waals surface area contributed by atoms with Crippen LogP contribution in [0, 0.1) is 0 Å². The molecule has 0 saturated heterocycles. The van der Waals surface area contributed by atoms with Crippen LogP contribution in [-0.2, 0) is 0 Å². The number of hydrogen-bond acceptors (Lipinski definition) is 3. The first-order valence-corrected chi connectivity index (χ1v) is 5.09. The molecule has 7 heteroatoms. The minimum atomic E-state index is -2.86. The van der Waals surface area contributed by atoms with Crippen molar-refractivity contribution in [1.29, 1.82) is 0 Å². The SMILES string of the molecule is CNC(=S)N/N=C/c1ccccc1OC(F)F. The van der Waals surface area contributed by atoms with Crippen LogP contribution in [0.25, 0.3) is 0 Å². The van der Waals surface area contributed by atoms with Crippen LogP contribution in [0.4, 0.5) is 8.78 Å². The molecule has 0 aliphatic heterocycles. The fraction of sp³-hybridized carbons (Fsp3) is 0.200. The van der Waals surface area contributed by atoms with Crippen molar-refractivity contribution in [3.63, 3.8) is 0 Å². The lowest BCUT2D eigenvalue weighted by atomic mass is 10.2.